The normalized spacial score (nSPS) is 13.0. The molecule has 1 aliphatic carbocycles. The average Bonchev–Trinajstić information content (AvgIpc) is 3.11. The third kappa shape index (κ3) is 4.44. The molecule has 0 bridgehead atoms. The zero-order valence-corrected chi connectivity index (χ0v) is 17.5. The zero-order chi connectivity index (χ0) is 21.1. The Hall–Kier alpha value is -2.99. The van der Waals surface area contributed by atoms with Crippen LogP contribution in [-0.4, -0.2) is 36.9 Å². The number of fused-ring (bicyclic) bond motifs is 3. The molecule has 1 heterocycles. The van der Waals surface area contributed by atoms with E-state index < -0.39 is 0 Å². The van der Waals surface area contributed by atoms with Crippen LogP contribution >= 0.6 is 11.6 Å². The lowest BCUT2D eigenvalue weighted by Gasteiger charge is -2.17. The third-order valence-electron chi connectivity index (χ3n) is 5.24. The summed E-state index contributed by atoms with van der Waals surface area (Å²) in [5, 5.41) is 4.20. The van der Waals surface area contributed by atoms with Gasteiger partial charge in [0.15, 0.2) is 6.61 Å². The number of carbonyl (C=O) groups excluding carboxylic acids is 2. The first-order chi connectivity index (χ1) is 14.5. The standard InChI is InChI=1S/C23H23ClN2O4/c1-26(13-22(27)25-19-8-4-3-7-18(19)24)23(28)14-29-15-10-11-21-17(12-15)16-6-2-5-9-20(16)30-21/h3-4,7-8,10-12H,2,5-6,9,13-14H2,1H3,(H,25,27). The van der Waals surface area contributed by atoms with Crippen LogP contribution in [-0.2, 0) is 22.4 Å². The van der Waals surface area contributed by atoms with Crippen molar-refractivity contribution in [2.24, 2.45) is 0 Å². The van der Waals surface area contributed by atoms with E-state index in [0.29, 0.717) is 16.5 Å². The van der Waals surface area contributed by atoms with E-state index in [4.69, 9.17) is 20.8 Å². The van der Waals surface area contributed by atoms with Gasteiger partial charge in [-0.05, 0) is 49.6 Å². The fourth-order valence-electron chi connectivity index (χ4n) is 3.64. The maximum absolute atomic E-state index is 12.4. The highest BCUT2D eigenvalue weighted by Crippen LogP contribution is 2.33. The molecule has 0 spiro atoms. The molecule has 7 heteroatoms. The van der Waals surface area contributed by atoms with Crippen LogP contribution in [0, 0.1) is 0 Å². The fourth-order valence-corrected chi connectivity index (χ4v) is 3.83. The number of benzene rings is 2. The fraction of sp³-hybridized carbons (Fsp3) is 0.304. The number of likely N-dealkylation sites (N-methyl/N-ethyl adjacent to an activating group) is 1. The molecule has 0 radical (unpaired) electrons. The smallest absolute Gasteiger partial charge is 0.260 e. The van der Waals surface area contributed by atoms with Gasteiger partial charge in [-0.1, -0.05) is 23.7 Å². The van der Waals surface area contributed by atoms with Crippen LogP contribution in [0.5, 0.6) is 5.75 Å². The maximum atomic E-state index is 12.4. The van der Waals surface area contributed by atoms with Crippen molar-refractivity contribution in [3.63, 3.8) is 0 Å². The molecular weight excluding hydrogens is 404 g/mol. The Morgan fingerprint density at radius 2 is 1.97 bits per heavy atom. The Bertz CT molecular complexity index is 1090. The summed E-state index contributed by atoms with van der Waals surface area (Å²) in [6.07, 6.45) is 4.29. The molecule has 0 unspecified atom stereocenters. The van der Waals surface area contributed by atoms with Crippen LogP contribution in [0.25, 0.3) is 11.0 Å². The first-order valence-electron chi connectivity index (χ1n) is 9.96. The molecule has 0 saturated heterocycles. The SMILES string of the molecule is CN(CC(=O)Nc1ccccc1Cl)C(=O)COc1ccc2oc3c(c2c1)CCCC3. The van der Waals surface area contributed by atoms with Gasteiger partial charge in [0, 0.05) is 24.4 Å². The Morgan fingerprint density at radius 1 is 1.17 bits per heavy atom. The second-order valence-corrected chi connectivity index (χ2v) is 7.84. The van der Waals surface area contributed by atoms with Gasteiger partial charge in [-0.25, -0.2) is 0 Å². The first kappa shape index (κ1) is 20.3. The highest BCUT2D eigenvalue weighted by molar-refractivity contribution is 6.33. The van der Waals surface area contributed by atoms with Crippen molar-refractivity contribution in [2.75, 3.05) is 25.5 Å². The molecule has 0 aliphatic heterocycles. The molecule has 1 aromatic heterocycles. The summed E-state index contributed by atoms with van der Waals surface area (Å²) in [5.74, 6) is 1.05. The van der Waals surface area contributed by atoms with E-state index in [1.807, 2.05) is 12.1 Å². The minimum absolute atomic E-state index is 0.0955. The van der Waals surface area contributed by atoms with Gasteiger partial charge in [-0.3, -0.25) is 9.59 Å². The van der Waals surface area contributed by atoms with Crippen LogP contribution < -0.4 is 10.1 Å². The number of nitrogens with zero attached hydrogens (tertiary/aromatic N) is 1. The van der Waals surface area contributed by atoms with Gasteiger partial charge in [-0.2, -0.15) is 0 Å². The lowest BCUT2D eigenvalue weighted by atomic mass is 9.96. The van der Waals surface area contributed by atoms with E-state index >= 15 is 0 Å². The Labute approximate surface area is 179 Å². The summed E-state index contributed by atoms with van der Waals surface area (Å²) in [7, 11) is 1.56. The lowest BCUT2D eigenvalue weighted by molar-refractivity contribution is -0.135. The molecule has 0 saturated carbocycles. The summed E-state index contributed by atoms with van der Waals surface area (Å²) in [4.78, 5) is 25.9. The molecule has 6 nitrogen and oxygen atoms in total. The number of anilines is 1. The Balaban J connectivity index is 1.33. The number of halogens is 1. The summed E-state index contributed by atoms with van der Waals surface area (Å²) < 4.78 is 11.6. The number of amides is 2. The van der Waals surface area contributed by atoms with Gasteiger partial charge >= 0.3 is 0 Å². The van der Waals surface area contributed by atoms with Gasteiger partial charge in [0.25, 0.3) is 5.91 Å². The number of carbonyl (C=O) groups is 2. The number of furan rings is 1. The van der Waals surface area contributed by atoms with Gasteiger partial charge in [0.05, 0.1) is 17.3 Å². The second-order valence-electron chi connectivity index (χ2n) is 7.44. The van der Waals surface area contributed by atoms with Crippen molar-refractivity contribution in [3.8, 4) is 5.75 Å². The van der Waals surface area contributed by atoms with Crippen molar-refractivity contribution in [1.82, 2.24) is 4.90 Å². The second kappa shape index (κ2) is 8.79. The lowest BCUT2D eigenvalue weighted by Crippen LogP contribution is -2.37. The average molecular weight is 427 g/mol. The maximum Gasteiger partial charge on any atom is 0.260 e. The van der Waals surface area contributed by atoms with E-state index in [-0.39, 0.29) is 25.0 Å². The van der Waals surface area contributed by atoms with Gasteiger partial charge in [0.2, 0.25) is 5.91 Å². The van der Waals surface area contributed by atoms with Crippen LogP contribution in [0.4, 0.5) is 5.69 Å². The predicted octanol–water partition coefficient (Wildman–Crippen LogP) is 4.44. The van der Waals surface area contributed by atoms with Gasteiger partial charge < -0.3 is 19.4 Å². The first-order valence-corrected chi connectivity index (χ1v) is 10.3. The molecule has 0 fully saturated rings. The monoisotopic (exact) mass is 426 g/mol. The minimum Gasteiger partial charge on any atom is -0.484 e. The van der Waals surface area contributed by atoms with E-state index in [1.54, 1.807) is 37.4 Å². The number of hydrogen-bond donors (Lipinski definition) is 1. The number of aryl methyl sites for hydroxylation is 2. The van der Waals surface area contributed by atoms with Crippen molar-refractivity contribution in [3.05, 3.63) is 58.8 Å². The topological polar surface area (TPSA) is 71.8 Å². The summed E-state index contributed by atoms with van der Waals surface area (Å²) in [6.45, 7) is -0.247. The van der Waals surface area contributed by atoms with Crippen LogP contribution in [0.1, 0.15) is 24.2 Å². The number of nitrogens with one attached hydrogen (secondary N) is 1. The number of ether oxygens (including phenoxy) is 1. The number of hydrogen-bond acceptors (Lipinski definition) is 4. The molecule has 30 heavy (non-hydrogen) atoms. The van der Waals surface area contributed by atoms with Crippen LogP contribution in [0.3, 0.4) is 0 Å². The molecule has 0 atom stereocenters. The highest BCUT2D eigenvalue weighted by atomic mass is 35.5. The molecule has 2 amide bonds. The van der Waals surface area contributed by atoms with Crippen molar-refractivity contribution >= 4 is 40.1 Å². The number of para-hydroxylation sites is 1. The van der Waals surface area contributed by atoms with Crippen LogP contribution in [0.2, 0.25) is 5.02 Å². The summed E-state index contributed by atoms with van der Waals surface area (Å²) in [5.41, 5.74) is 2.62. The predicted molar refractivity (Wildman–Crippen MR) is 116 cm³/mol. The molecule has 1 aliphatic rings. The molecule has 2 aromatic carbocycles. The Kier molecular flexibility index (Phi) is 5.95. The van der Waals surface area contributed by atoms with E-state index in [2.05, 4.69) is 5.32 Å². The zero-order valence-electron chi connectivity index (χ0n) is 16.7. The third-order valence-corrected chi connectivity index (χ3v) is 5.57. The highest BCUT2D eigenvalue weighted by Gasteiger charge is 2.19. The van der Waals surface area contributed by atoms with Crippen molar-refractivity contribution < 1.29 is 18.7 Å². The molecule has 1 N–H and O–H groups in total. The summed E-state index contributed by atoms with van der Waals surface area (Å²) >= 11 is 6.04. The molecule has 156 valence electrons. The molecule has 4 rings (SSSR count). The van der Waals surface area contributed by atoms with E-state index in [9.17, 15) is 9.59 Å². The van der Waals surface area contributed by atoms with Gasteiger partial charge in [0.1, 0.15) is 17.1 Å². The minimum atomic E-state index is -0.328. The molecule has 3 aromatic rings. The van der Waals surface area contributed by atoms with Crippen molar-refractivity contribution in [2.45, 2.75) is 25.7 Å². The number of rotatable bonds is 6. The summed E-state index contributed by atoms with van der Waals surface area (Å²) in [6, 6.07) is 12.6. The largest absolute Gasteiger partial charge is 0.484 e. The quantitative estimate of drug-likeness (QED) is 0.632. The molecular formula is C23H23ClN2O4. The van der Waals surface area contributed by atoms with E-state index in [0.717, 1.165) is 42.4 Å². The Morgan fingerprint density at radius 3 is 2.80 bits per heavy atom. The van der Waals surface area contributed by atoms with E-state index in [1.165, 1.54) is 10.5 Å². The van der Waals surface area contributed by atoms with Crippen LogP contribution in [0.15, 0.2) is 46.9 Å². The van der Waals surface area contributed by atoms with Crippen molar-refractivity contribution in [1.29, 1.82) is 0 Å². The van der Waals surface area contributed by atoms with Gasteiger partial charge in [-0.15, -0.1) is 0 Å².